The van der Waals surface area contributed by atoms with Gasteiger partial charge in [-0.3, -0.25) is 0 Å². The molecule has 0 radical (unpaired) electrons. The second kappa shape index (κ2) is 4.62. The van der Waals surface area contributed by atoms with Crippen LogP contribution in [0.4, 0.5) is 0 Å². The highest BCUT2D eigenvalue weighted by Gasteiger charge is 2.20. The quantitative estimate of drug-likeness (QED) is 0.792. The fourth-order valence-corrected chi connectivity index (χ4v) is 2.86. The van der Waals surface area contributed by atoms with E-state index in [-0.39, 0.29) is 0 Å². The van der Waals surface area contributed by atoms with Gasteiger partial charge >= 0.3 is 0 Å². The Kier molecular flexibility index (Phi) is 3.44. The average Bonchev–Trinajstić information content (AvgIpc) is 2.18. The zero-order chi connectivity index (χ0) is 9.97. The van der Waals surface area contributed by atoms with Crippen molar-refractivity contribution in [1.82, 2.24) is 0 Å². The third kappa shape index (κ3) is 2.48. The van der Waals surface area contributed by atoms with Crippen molar-refractivity contribution in [2.75, 3.05) is 0 Å². The van der Waals surface area contributed by atoms with Crippen LogP contribution in [0.1, 0.15) is 37.2 Å². The maximum absolute atomic E-state index is 6.00. The summed E-state index contributed by atoms with van der Waals surface area (Å²) in [6.07, 6.45) is 4.98. The Balaban J connectivity index is 2.14. The van der Waals surface area contributed by atoms with Crippen molar-refractivity contribution in [2.45, 2.75) is 37.6 Å². The van der Waals surface area contributed by atoms with E-state index in [2.05, 4.69) is 46.9 Å². The third-order valence-electron chi connectivity index (χ3n) is 3.03. The number of rotatable bonds is 1. The number of benzene rings is 1. The molecule has 1 aromatic carbocycles. The Labute approximate surface area is 99.2 Å². The van der Waals surface area contributed by atoms with Crippen LogP contribution in [-0.2, 0) is 0 Å². The maximum atomic E-state index is 6.00. The molecule has 1 aliphatic carbocycles. The fourth-order valence-electron chi connectivity index (χ4n) is 2.29. The predicted molar refractivity (Wildman–Crippen MR) is 68.3 cm³/mol. The summed E-state index contributed by atoms with van der Waals surface area (Å²) in [7, 11) is 0. The van der Waals surface area contributed by atoms with Gasteiger partial charge in [-0.15, -0.1) is 0 Å². The molecule has 2 heteroatoms. The highest BCUT2D eigenvalue weighted by Crippen LogP contribution is 2.32. The minimum absolute atomic E-state index is 0.423. The second-order valence-electron chi connectivity index (χ2n) is 4.18. The summed E-state index contributed by atoms with van der Waals surface area (Å²) in [4.78, 5) is 0. The van der Waals surface area contributed by atoms with Crippen LogP contribution in [0, 0.1) is 3.57 Å². The number of hydrogen-bond acceptors (Lipinski definition) is 1. The van der Waals surface area contributed by atoms with E-state index in [1.807, 2.05) is 0 Å². The zero-order valence-electron chi connectivity index (χ0n) is 8.25. The first-order valence-corrected chi connectivity index (χ1v) is 6.34. The maximum Gasteiger partial charge on any atom is 0.0133 e. The van der Waals surface area contributed by atoms with E-state index in [0.29, 0.717) is 12.0 Å². The molecule has 1 nitrogen and oxygen atoms in total. The minimum Gasteiger partial charge on any atom is -0.328 e. The highest BCUT2D eigenvalue weighted by molar-refractivity contribution is 14.1. The molecule has 14 heavy (non-hydrogen) atoms. The highest BCUT2D eigenvalue weighted by atomic mass is 127. The Bertz CT molecular complexity index is 311. The summed E-state index contributed by atoms with van der Waals surface area (Å²) in [5.74, 6) is 0.702. The van der Waals surface area contributed by atoms with Crippen molar-refractivity contribution >= 4 is 22.6 Å². The van der Waals surface area contributed by atoms with Crippen LogP contribution in [0.2, 0.25) is 0 Å². The van der Waals surface area contributed by atoms with Crippen molar-refractivity contribution in [2.24, 2.45) is 5.73 Å². The first kappa shape index (κ1) is 10.4. The van der Waals surface area contributed by atoms with Crippen molar-refractivity contribution in [1.29, 1.82) is 0 Å². The summed E-state index contributed by atoms with van der Waals surface area (Å²) in [5, 5.41) is 0. The van der Waals surface area contributed by atoms with Crippen molar-refractivity contribution in [3.8, 4) is 0 Å². The van der Waals surface area contributed by atoms with E-state index >= 15 is 0 Å². The van der Waals surface area contributed by atoms with Gasteiger partial charge in [-0.25, -0.2) is 0 Å². The van der Waals surface area contributed by atoms with E-state index in [1.165, 1.54) is 34.8 Å². The molecule has 2 atom stereocenters. The van der Waals surface area contributed by atoms with E-state index < -0.39 is 0 Å². The van der Waals surface area contributed by atoms with E-state index in [0.717, 1.165) is 0 Å². The zero-order valence-corrected chi connectivity index (χ0v) is 10.4. The van der Waals surface area contributed by atoms with Gasteiger partial charge in [0.05, 0.1) is 0 Å². The lowest BCUT2D eigenvalue weighted by Gasteiger charge is -2.26. The molecule has 0 saturated heterocycles. The summed E-state index contributed by atoms with van der Waals surface area (Å²) < 4.78 is 1.33. The molecule has 2 N–H and O–H groups in total. The van der Waals surface area contributed by atoms with Gasteiger partial charge in [-0.2, -0.15) is 0 Å². The van der Waals surface area contributed by atoms with Crippen LogP contribution in [0.5, 0.6) is 0 Å². The van der Waals surface area contributed by atoms with Gasteiger partial charge in [0.2, 0.25) is 0 Å². The standard InChI is InChI=1S/C12H16IN/c13-11-5-1-3-9(7-11)10-4-2-6-12(14)8-10/h1,3,5,7,10,12H,2,4,6,8,14H2. The third-order valence-corrected chi connectivity index (χ3v) is 3.71. The Hall–Kier alpha value is -0.0900. The normalized spacial score (nSPS) is 27.6. The molecule has 1 saturated carbocycles. The topological polar surface area (TPSA) is 26.0 Å². The van der Waals surface area contributed by atoms with Gasteiger partial charge in [0.15, 0.2) is 0 Å². The Morgan fingerprint density at radius 1 is 1.29 bits per heavy atom. The molecule has 2 unspecified atom stereocenters. The van der Waals surface area contributed by atoms with Crippen molar-refractivity contribution < 1.29 is 0 Å². The largest absolute Gasteiger partial charge is 0.328 e. The molecule has 76 valence electrons. The molecular formula is C12H16IN. The van der Waals surface area contributed by atoms with Gasteiger partial charge in [0.25, 0.3) is 0 Å². The molecule has 1 aromatic rings. The van der Waals surface area contributed by atoms with Gasteiger partial charge in [-0.1, -0.05) is 18.6 Å². The van der Waals surface area contributed by atoms with Gasteiger partial charge in [0, 0.05) is 9.61 Å². The van der Waals surface area contributed by atoms with Gasteiger partial charge in [0.1, 0.15) is 0 Å². The number of halogens is 1. The molecule has 2 rings (SSSR count). The summed E-state index contributed by atoms with van der Waals surface area (Å²) >= 11 is 2.38. The van der Waals surface area contributed by atoms with Crippen molar-refractivity contribution in [3.63, 3.8) is 0 Å². The van der Waals surface area contributed by atoms with Crippen LogP contribution >= 0.6 is 22.6 Å². The summed E-state index contributed by atoms with van der Waals surface area (Å²) in [5.41, 5.74) is 7.48. The first-order chi connectivity index (χ1) is 6.75. The van der Waals surface area contributed by atoms with Crippen LogP contribution < -0.4 is 5.73 Å². The summed E-state index contributed by atoms with van der Waals surface area (Å²) in [6.45, 7) is 0. The molecule has 0 bridgehead atoms. The molecule has 0 spiro atoms. The van der Waals surface area contributed by atoms with Crippen LogP contribution in [0.3, 0.4) is 0 Å². The predicted octanol–water partition coefficient (Wildman–Crippen LogP) is 3.28. The number of nitrogens with two attached hydrogens (primary N) is 1. The number of hydrogen-bond donors (Lipinski definition) is 1. The first-order valence-electron chi connectivity index (χ1n) is 5.27. The molecule has 1 fully saturated rings. The second-order valence-corrected chi connectivity index (χ2v) is 5.42. The Morgan fingerprint density at radius 3 is 2.86 bits per heavy atom. The van der Waals surface area contributed by atoms with E-state index in [1.54, 1.807) is 0 Å². The molecule has 1 aliphatic rings. The molecule has 0 amide bonds. The van der Waals surface area contributed by atoms with E-state index in [4.69, 9.17) is 5.73 Å². The fraction of sp³-hybridized carbons (Fsp3) is 0.500. The van der Waals surface area contributed by atoms with Gasteiger partial charge < -0.3 is 5.73 Å². The van der Waals surface area contributed by atoms with Crippen LogP contribution in [0.15, 0.2) is 24.3 Å². The minimum atomic E-state index is 0.423. The smallest absolute Gasteiger partial charge is 0.0133 e. The lowest BCUT2D eigenvalue weighted by atomic mass is 9.82. The lowest BCUT2D eigenvalue weighted by molar-refractivity contribution is 0.393. The molecular weight excluding hydrogens is 285 g/mol. The summed E-state index contributed by atoms with van der Waals surface area (Å²) in [6, 6.07) is 9.25. The van der Waals surface area contributed by atoms with E-state index in [9.17, 15) is 0 Å². The Morgan fingerprint density at radius 2 is 2.14 bits per heavy atom. The van der Waals surface area contributed by atoms with Crippen LogP contribution in [-0.4, -0.2) is 6.04 Å². The SMILES string of the molecule is NC1CCCC(c2cccc(I)c2)C1. The van der Waals surface area contributed by atoms with Crippen molar-refractivity contribution in [3.05, 3.63) is 33.4 Å². The average molecular weight is 301 g/mol. The molecule has 0 aliphatic heterocycles. The lowest BCUT2D eigenvalue weighted by Crippen LogP contribution is -2.26. The van der Waals surface area contributed by atoms with Crippen LogP contribution in [0.25, 0.3) is 0 Å². The molecule has 0 heterocycles. The monoisotopic (exact) mass is 301 g/mol. The van der Waals surface area contributed by atoms with Gasteiger partial charge in [-0.05, 0) is 65.5 Å². The molecule has 0 aromatic heterocycles.